The molecule has 0 bridgehead atoms. The van der Waals surface area contributed by atoms with Gasteiger partial charge in [0, 0.05) is 12.2 Å². The molecule has 1 aliphatic rings. The van der Waals surface area contributed by atoms with Crippen molar-refractivity contribution in [3.05, 3.63) is 47.4 Å². The van der Waals surface area contributed by atoms with Crippen molar-refractivity contribution in [1.29, 1.82) is 0 Å². The molecular weight excluding hydrogens is 288 g/mol. The molecule has 0 spiro atoms. The van der Waals surface area contributed by atoms with E-state index in [0.29, 0.717) is 22.7 Å². The molecule has 0 unspecified atom stereocenters. The molecule has 1 amide bonds. The lowest BCUT2D eigenvalue weighted by atomic mass is 10.1. The van der Waals surface area contributed by atoms with E-state index >= 15 is 0 Å². The van der Waals surface area contributed by atoms with E-state index < -0.39 is 0 Å². The van der Waals surface area contributed by atoms with Crippen LogP contribution in [0.3, 0.4) is 0 Å². The van der Waals surface area contributed by atoms with Crippen molar-refractivity contribution in [1.82, 2.24) is 14.9 Å². The lowest BCUT2D eigenvalue weighted by molar-refractivity contribution is 0.101. The molecule has 21 heavy (non-hydrogen) atoms. The number of halogens is 1. The highest BCUT2D eigenvalue weighted by molar-refractivity contribution is 6.29. The van der Waals surface area contributed by atoms with Gasteiger partial charge in [-0.05, 0) is 50.2 Å². The molecule has 3 heterocycles. The van der Waals surface area contributed by atoms with Crippen LogP contribution in [-0.4, -0.2) is 28.5 Å². The van der Waals surface area contributed by atoms with Crippen molar-refractivity contribution < 1.29 is 4.79 Å². The summed E-state index contributed by atoms with van der Waals surface area (Å²) in [6.45, 7) is 1.97. The summed E-state index contributed by atoms with van der Waals surface area (Å²) in [6.07, 6.45) is 4.03. The number of piperidine rings is 1. The van der Waals surface area contributed by atoms with Crippen LogP contribution < -0.4 is 10.6 Å². The summed E-state index contributed by atoms with van der Waals surface area (Å²) in [5, 5.41) is 6.49. The monoisotopic (exact) mass is 304 g/mol. The maximum absolute atomic E-state index is 12.4. The molecule has 0 radical (unpaired) electrons. The van der Waals surface area contributed by atoms with Gasteiger partial charge < -0.3 is 15.2 Å². The first-order chi connectivity index (χ1) is 10.2. The van der Waals surface area contributed by atoms with Gasteiger partial charge >= 0.3 is 0 Å². The zero-order valence-electron chi connectivity index (χ0n) is 11.6. The molecule has 2 N–H and O–H groups in total. The highest BCUT2D eigenvalue weighted by Crippen LogP contribution is 2.22. The number of hydrogen-bond acceptors (Lipinski definition) is 3. The minimum Gasteiger partial charge on any atom is -0.340 e. The molecule has 5 nitrogen and oxygen atoms in total. The van der Waals surface area contributed by atoms with Crippen LogP contribution >= 0.6 is 11.6 Å². The molecule has 6 heteroatoms. The molecule has 2 aromatic rings. The normalized spacial score (nSPS) is 15.9. The van der Waals surface area contributed by atoms with Crippen molar-refractivity contribution in [3.63, 3.8) is 0 Å². The molecule has 1 aliphatic heterocycles. The first kappa shape index (κ1) is 14.1. The Balaban J connectivity index is 1.77. The molecule has 0 atom stereocenters. The first-order valence-electron chi connectivity index (χ1n) is 7.05. The second-order valence-corrected chi connectivity index (χ2v) is 5.47. The Kier molecular flexibility index (Phi) is 4.22. The van der Waals surface area contributed by atoms with Gasteiger partial charge in [-0.25, -0.2) is 4.98 Å². The minimum atomic E-state index is -0.159. The standard InChI is InChI=1S/C15H17ClN4O/c16-13-4-1-5-14(18-13)19-15(21)12-3-2-10-20(12)11-6-8-17-9-7-11/h1-5,10-11,17H,6-9H2,(H,18,19,21). The van der Waals surface area contributed by atoms with E-state index in [2.05, 4.69) is 20.2 Å². The Hall–Kier alpha value is -1.85. The van der Waals surface area contributed by atoms with Crippen LogP contribution in [0.1, 0.15) is 29.4 Å². The Morgan fingerprint density at radius 2 is 2.10 bits per heavy atom. The van der Waals surface area contributed by atoms with Crippen molar-refractivity contribution in [2.75, 3.05) is 18.4 Å². The van der Waals surface area contributed by atoms with Gasteiger partial charge in [-0.3, -0.25) is 4.79 Å². The molecule has 3 rings (SSSR count). The van der Waals surface area contributed by atoms with Crippen LogP contribution in [0.4, 0.5) is 5.82 Å². The highest BCUT2D eigenvalue weighted by atomic mass is 35.5. The van der Waals surface area contributed by atoms with E-state index in [9.17, 15) is 4.79 Å². The van der Waals surface area contributed by atoms with Crippen molar-refractivity contribution in [3.8, 4) is 0 Å². The van der Waals surface area contributed by atoms with Gasteiger partial charge in [-0.2, -0.15) is 0 Å². The van der Waals surface area contributed by atoms with E-state index in [-0.39, 0.29) is 5.91 Å². The summed E-state index contributed by atoms with van der Waals surface area (Å²) in [4.78, 5) is 16.5. The SMILES string of the molecule is O=C(Nc1cccc(Cl)n1)c1cccn1C1CCNCC1. The lowest BCUT2D eigenvalue weighted by Crippen LogP contribution is -2.31. The lowest BCUT2D eigenvalue weighted by Gasteiger charge is -2.25. The van der Waals surface area contributed by atoms with E-state index in [1.807, 2.05) is 18.3 Å². The van der Waals surface area contributed by atoms with Gasteiger partial charge in [-0.15, -0.1) is 0 Å². The van der Waals surface area contributed by atoms with Crippen LogP contribution in [-0.2, 0) is 0 Å². The van der Waals surface area contributed by atoms with Crippen LogP contribution in [0.25, 0.3) is 0 Å². The summed E-state index contributed by atoms with van der Waals surface area (Å²) < 4.78 is 2.06. The number of nitrogens with zero attached hydrogens (tertiary/aromatic N) is 2. The highest BCUT2D eigenvalue weighted by Gasteiger charge is 2.20. The zero-order valence-corrected chi connectivity index (χ0v) is 12.3. The van der Waals surface area contributed by atoms with Crippen LogP contribution in [0.5, 0.6) is 0 Å². The summed E-state index contributed by atoms with van der Waals surface area (Å²) in [5.41, 5.74) is 0.656. The Morgan fingerprint density at radius 1 is 1.29 bits per heavy atom. The second-order valence-electron chi connectivity index (χ2n) is 5.08. The Bertz CT molecular complexity index is 634. The largest absolute Gasteiger partial charge is 0.340 e. The van der Waals surface area contributed by atoms with Gasteiger partial charge in [-0.1, -0.05) is 17.7 Å². The van der Waals surface area contributed by atoms with Crippen molar-refractivity contribution in [2.24, 2.45) is 0 Å². The summed E-state index contributed by atoms with van der Waals surface area (Å²) in [6, 6.07) is 9.27. The first-order valence-corrected chi connectivity index (χ1v) is 7.43. The summed E-state index contributed by atoms with van der Waals surface area (Å²) in [7, 11) is 0. The molecule has 1 fully saturated rings. The average molecular weight is 305 g/mol. The predicted molar refractivity (Wildman–Crippen MR) is 82.8 cm³/mol. The van der Waals surface area contributed by atoms with Gasteiger partial charge in [0.25, 0.3) is 5.91 Å². The zero-order chi connectivity index (χ0) is 14.7. The third kappa shape index (κ3) is 3.25. The fourth-order valence-electron chi connectivity index (χ4n) is 2.65. The number of anilines is 1. The topological polar surface area (TPSA) is 59.0 Å². The molecule has 110 valence electrons. The number of rotatable bonds is 3. The third-order valence-electron chi connectivity index (χ3n) is 3.67. The number of carbonyl (C=O) groups excluding carboxylic acids is 1. The molecule has 0 aromatic carbocycles. The fourth-order valence-corrected chi connectivity index (χ4v) is 2.81. The molecule has 0 aliphatic carbocycles. The molecule has 2 aromatic heterocycles. The van der Waals surface area contributed by atoms with Gasteiger partial charge in [0.2, 0.25) is 0 Å². The van der Waals surface area contributed by atoms with Crippen LogP contribution in [0, 0.1) is 0 Å². The number of pyridine rings is 1. The Labute approximate surface area is 128 Å². The van der Waals surface area contributed by atoms with Gasteiger partial charge in [0.1, 0.15) is 16.7 Å². The van der Waals surface area contributed by atoms with Crippen LogP contribution in [0.2, 0.25) is 5.15 Å². The fraction of sp³-hybridized carbons (Fsp3) is 0.333. The number of hydrogen-bond donors (Lipinski definition) is 2. The number of amides is 1. The summed E-state index contributed by atoms with van der Waals surface area (Å²) in [5.74, 6) is 0.305. The Morgan fingerprint density at radius 3 is 2.86 bits per heavy atom. The minimum absolute atomic E-state index is 0.159. The molecular formula is C15H17ClN4O. The van der Waals surface area contributed by atoms with Crippen LogP contribution in [0.15, 0.2) is 36.5 Å². The number of aromatic nitrogens is 2. The predicted octanol–water partition coefficient (Wildman–Crippen LogP) is 2.71. The quantitative estimate of drug-likeness (QED) is 0.857. The number of nitrogens with one attached hydrogen (secondary N) is 2. The summed E-state index contributed by atoms with van der Waals surface area (Å²) >= 11 is 5.83. The molecule has 0 saturated carbocycles. The van der Waals surface area contributed by atoms with E-state index in [1.54, 1.807) is 18.2 Å². The van der Waals surface area contributed by atoms with E-state index in [0.717, 1.165) is 25.9 Å². The maximum atomic E-state index is 12.4. The van der Waals surface area contributed by atoms with Crippen molar-refractivity contribution >= 4 is 23.3 Å². The van der Waals surface area contributed by atoms with E-state index in [4.69, 9.17) is 11.6 Å². The van der Waals surface area contributed by atoms with E-state index in [1.165, 1.54) is 0 Å². The maximum Gasteiger partial charge on any atom is 0.273 e. The number of carbonyl (C=O) groups is 1. The van der Waals surface area contributed by atoms with Crippen molar-refractivity contribution in [2.45, 2.75) is 18.9 Å². The third-order valence-corrected chi connectivity index (χ3v) is 3.88. The molecule has 1 saturated heterocycles. The average Bonchev–Trinajstić information content (AvgIpc) is 2.98. The smallest absolute Gasteiger partial charge is 0.273 e. The van der Waals surface area contributed by atoms with Gasteiger partial charge in [0.05, 0.1) is 0 Å². The van der Waals surface area contributed by atoms with Gasteiger partial charge in [0.15, 0.2) is 0 Å². The second kappa shape index (κ2) is 6.28.